The summed E-state index contributed by atoms with van der Waals surface area (Å²) in [5.74, 6) is 1.14. The number of nitrogens with zero attached hydrogens (tertiary/aromatic N) is 2. The average Bonchev–Trinajstić information content (AvgIpc) is 2.78. The molecule has 1 amide bonds. The maximum atomic E-state index is 12.6. The molecule has 2 aromatic carbocycles. The van der Waals surface area contributed by atoms with E-state index in [0.29, 0.717) is 32.5 Å². The molecule has 1 aliphatic heterocycles. The summed E-state index contributed by atoms with van der Waals surface area (Å²) in [6.07, 6.45) is 2.12. The lowest BCUT2D eigenvalue weighted by molar-refractivity contribution is -0.132. The van der Waals surface area contributed by atoms with Crippen LogP contribution >= 0.6 is 0 Å². The van der Waals surface area contributed by atoms with Gasteiger partial charge in [0.2, 0.25) is 5.91 Å². The summed E-state index contributed by atoms with van der Waals surface area (Å²) < 4.78 is 5.36. The van der Waals surface area contributed by atoms with Gasteiger partial charge in [-0.3, -0.25) is 14.5 Å². The van der Waals surface area contributed by atoms with E-state index in [0.717, 1.165) is 36.4 Å². The van der Waals surface area contributed by atoms with Gasteiger partial charge in [-0.15, -0.1) is 0 Å². The summed E-state index contributed by atoms with van der Waals surface area (Å²) in [5.41, 5.74) is 3.06. The van der Waals surface area contributed by atoms with Gasteiger partial charge in [-0.1, -0.05) is 49.4 Å². The zero-order valence-electron chi connectivity index (χ0n) is 17.4. The van der Waals surface area contributed by atoms with E-state index in [4.69, 9.17) is 4.74 Å². The molecule has 1 aliphatic rings. The Labute approximate surface area is 173 Å². The average molecular weight is 395 g/mol. The van der Waals surface area contributed by atoms with Crippen molar-refractivity contribution in [2.45, 2.75) is 26.2 Å². The number of Topliss-reactive ketones (excluding diaryl/α,β-unsaturated/α-hetero) is 1. The molecule has 0 radical (unpaired) electrons. The van der Waals surface area contributed by atoms with E-state index in [-0.39, 0.29) is 11.7 Å². The molecule has 29 heavy (non-hydrogen) atoms. The first-order valence-electron chi connectivity index (χ1n) is 10.3. The van der Waals surface area contributed by atoms with Gasteiger partial charge in [0.15, 0.2) is 5.78 Å². The van der Waals surface area contributed by atoms with E-state index >= 15 is 0 Å². The van der Waals surface area contributed by atoms with E-state index in [1.54, 1.807) is 7.11 Å². The first-order valence-corrected chi connectivity index (χ1v) is 10.3. The molecular formula is C24H30N2O3. The molecule has 0 unspecified atom stereocenters. The van der Waals surface area contributed by atoms with Crippen LogP contribution in [0.4, 0.5) is 0 Å². The standard InChI is InChI=1S/C24H30N2O3/c1-3-19-8-10-20(11-9-19)22(27)18-25-14-16-26(17-15-25)24(28)13-12-21-6-4-5-7-23(21)29-2/h4-11H,3,12-18H2,1-2H3. The van der Waals surface area contributed by atoms with Crippen molar-refractivity contribution in [2.75, 3.05) is 39.8 Å². The highest BCUT2D eigenvalue weighted by Crippen LogP contribution is 2.19. The molecule has 0 bridgehead atoms. The normalized spacial score (nSPS) is 14.6. The van der Waals surface area contributed by atoms with Gasteiger partial charge in [-0.25, -0.2) is 0 Å². The third-order valence-electron chi connectivity index (χ3n) is 5.58. The SMILES string of the molecule is CCc1ccc(C(=O)CN2CCN(C(=O)CCc3ccccc3OC)CC2)cc1. The zero-order chi connectivity index (χ0) is 20.6. The number of hydrogen-bond donors (Lipinski definition) is 0. The van der Waals surface area contributed by atoms with Crippen molar-refractivity contribution in [3.8, 4) is 5.75 Å². The zero-order valence-corrected chi connectivity index (χ0v) is 17.4. The molecule has 0 aromatic heterocycles. The van der Waals surface area contributed by atoms with E-state index < -0.39 is 0 Å². The van der Waals surface area contributed by atoms with Crippen LogP contribution in [0.25, 0.3) is 0 Å². The number of ether oxygens (including phenoxy) is 1. The second-order valence-corrected chi connectivity index (χ2v) is 7.44. The van der Waals surface area contributed by atoms with Crippen molar-refractivity contribution in [1.82, 2.24) is 9.80 Å². The third kappa shape index (κ3) is 5.67. The van der Waals surface area contributed by atoms with Gasteiger partial charge < -0.3 is 9.64 Å². The Bertz CT molecular complexity index is 824. The molecule has 0 atom stereocenters. The summed E-state index contributed by atoms with van der Waals surface area (Å²) in [5, 5.41) is 0. The topological polar surface area (TPSA) is 49.9 Å². The van der Waals surface area contributed by atoms with Crippen molar-refractivity contribution >= 4 is 11.7 Å². The van der Waals surface area contributed by atoms with E-state index in [9.17, 15) is 9.59 Å². The predicted octanol–water partition coefficient (Wildman–Crippen LogP) is 3.22. The van der Waals surface area contributed by atoms with Crippen molar-refractivity contribution in [3.63, 3.8) is 0 Å². The second kappa shape index (κ2) is 10.2. The maximum absolute atomic E-state index is 12.6. The predicted molar refractivity (Wildman–Crippen MR) is 114 cm³/mol. The van der Waals surface area contributed by atoms with Gasteiger partial charge in [-0.05, 0) is 30.0 Å². The van der Waals surface area contributed by atoms with Crippen LogP contribution in [0.3, 0.4) is 0 Å². The number of ketones is 1. The van der Waals surface area contributed by atoms with Crippen LogP contribution in [0, 0.1) is 0 Å². The Hall–Kier alpha value is -2.66. The first-order chi connectivity index (χ1) is 14.1. The molecule has 0 spiro atoms. The molecular weight excluding hydrogens is 364 g/mol. The lowest BCUT2D eigenvalue weighted by Crippen LogP contribution is -2.49. The molecule has 0 N–H and O–H groups in total. The lowest BCUT2D eigenvalue weighted by atomic mass is 10.1. The lowest BCUT2D eigenvalue weighted by Gasteiger charge is -2.34. The van der Waals surface area contributed by atoms with Crippen LogP contribution in [0.2, 0.25) is 0 Å². The van der Waals surface area contributed by atoms with Crippen LogP contribution in [0.5, 0.6) is 5.75 Å². The van der Waals surface area contributed by atoms with Crippen LogP contribution in [-0.4, -0.2) is 61.3 Å². The molecule has 1 saturated heterocycles. The molecule has 0 saturated carbocycles. The molecule has 2 aromatic rings. The van der Waals surface area contributed by atoms with Gasteiger partial charge in [0.25, 0.3) is 0 Å². The van der Waals surface area contributed by atoms with Gasteiger partial charge in [0.1, 0.15) is 5.75 Å². The van der Waals surface area contributed by atoms with Crippen LogP contribution in [0.15, 0.2) is 48.5 Å². The Kier molecular flexibility index (Phi) is 7.42. The minimum absolute atomic E-state index is 0.142. The van der Waals surface area contributed by atoms with Gasteiger partial charge in [0, 0.05) is 38.2 Å². The Morgan fingerprint density at radius 2 is 1.66 bits per heavy atom. The fourth-order valence-corrected chi connectivity index (χ4v) is 3.69. The number of amides is 1. The van der Waals surface area contributed by atoms with E-state index in [2.05, 4.69) is 11.8 Å². The summed E-state index contributed by atoms with van der Waals surface area (Å²) in [6, 6.07) is 15.7. The highest BCUT2D eigenvalue weighted by atomic mass is 16.5. The second-order valence-electron chi connectivity index (χ2n) is 7.44. The third-order valence-corrected chi connectivity index (χ3v) is 5.58. The van der Waals surface area contributed by atoms with E-state index in [1.165, 1.54) is 5.56 Å². The van der Waals surface area contributed by atoms with Crippen molar-refractivity contribution < 1.29 is 14.3 Å². The minimum atomic E-state index is 0.142. The number of hydrogen-bond acceptors (Lipinski definition) is 4. The molecule has 1 heterocycles. The molecule has 1 fully saturated rings. The summed E-state index contributed by atoms with van der Waals surface area (Å²) in [7, 11) is 1.65. The molecule has 0 aliphatic carbocycles. The quantitative estimate of drug-likeness (QED) is 0.645. The van der Waals surface area contributed by atoms with Gasteiger partial charge >= 0.3 is 0 Å². The van der Waals surface area contributed by atoms with Crippen LogP contribution < -0.4 is 4.74 Å². The number of benzene rings is 2. The highest BCUT2D eigenvalue weighted by molar-refractivity contribution is 5.97. The van der Waals surface area contributed by atoms with Crippen molar-refractivity contribution in [2.24, 2.45) is 0 Å². The molecule has 5 nitrogen and oxygen atoms in total. The smallest absolute Gasteiger partial charge is 0.222 e. The van der Waals surface area contributed by atoms with Crippen LogP contribution in [-0.2, 0) is 17.6 Å². The fourth-order valence-electron chi connectivity index (χ4n) is 3.69. The number of aryl methyl sites for hydroxylation is 2. The Morgan fingerprint density at radius 3 is 2.31 bits per heavy atom. The number of carbonyl (C=O) groups is 2. The largest absolute Gasteiger partial charge is 0.496 e. The van der Waals surface area contributed by atoms with Gasteiger partial charge in [-0.2, -0.15) is 0 Å². The Morgan fingerprint density at radius 1 is 0.966 bits per heavy atom. The van der Waals surface area contributed by atoms with Crippen LogP contribution in [0.1, 0.15) is 34.8 Å². The molecule has 5 heteroatoms. The fraction of sp³-hybridized carbons (Fsp3) is 0.417. The monoisotopic (exact) mass is 394 g/mol. The summed E-state index contributed by atoms with van der Waals surface area (Å²) >= 11 is 0. The van der Waals surface area contributed by atoms with Crippen molar-refractivity contribution in [3.05, 3.63) is 65.2 Å². The molecule has 3 rings (SSSR count). The highest BCUT2D eigenvalue weighted by Gasteiger charge is 2.22. The molecule has 154 valence electrons. The summed E-state index contributed by atoms with van der Waals surface area (Å²) in [6.45, 7) is 5.33. The minimum Gasteiger partial charge on any atom is -0.496 e. The number of methoxy groups -OCH3 is 1. The first kappa shape index (κ1) is 21.1. The summed E-state index contributed by atoms with van der Waals surface area (Å²) in [4.78, 5) is 29.1. The van der Waals surface area contributed by atoms with Gasteiger partial charge in [0.05, 0.1) is 13.7 Å². The van der Waals surface area contributed by atoms with E-state index in [1.807, 2.05) is 53.4 Å². The number of rotatable bonds is 8. The number of para-hydroxylation sites is 1. The maximum Gasteiger partial charge on any atom is 0.222 e. The number of piperazine rings is 1. The van der Waals surface area contributed by atoms with Crippen molar-refractivity contribution in [1.29, 1.82) is 0 Å². The Balaban J connectivity index is 1.44. The number of carbonyl (C=O) groups excluding carboxylic acids is 2.